The first kappa shape index (κ1) is 14.6. The molecule has 1 aromatic carbocycles. The third-order valence-electron chi connectivity index (χ3n) is 3.16. The molecule has 2 heterocycles. The van der Waals surface area contributed by atoms with E-state index in [-0.39, 0.29) is 23.8 Å². The number of carboxylic acids is 1. The average Bonchev–Trinajstić information content (AvgIpc) is 3.00. The quantitative estimate of drug-likeness (QED) is 0.730. The SMILES string of the molecule is CCOC(=O)c1cc(C(=O)O)n(-c2nncc3ccccc23)n1. The topological polar surface area (TPSA) is 107 Å². The number of ether oxygens (including phenoxy) is 1. The number of hydrogen-bond donors (Lipinski definition) is 1. The van der Waals surface area contributed by atoms with Crippen LogP contribution in [0.3, 0.4) is 0 Å². The monoisotopic (exact) mass is 312 g/mol. The summed E-state index contributed by atoms with van der Waals surface area (Å²) in [5.74, 6) is -1.69. The number of benzene rings is 1. The fraction of sp³-hybridized carbons (Fsp3) is 0.133. The summed E-state index contributed by atoms with van der Waals surface area (Å²) in [5.41, 5.74) is -0.294. The lowest BCUT2D eigenvalue weighted by atomic mass is 10.2. The molecule has 0 unspecified atom stereocenters. The molecule has 0 saturated heterocycles. The Morgan fingerprint density at radius 3 is 2.83 bits per heavy atom. The largest absolute Gasteiger partial charge is 0.477 e. The van der Waals surface area contributed by atoms with E-state index in [9.17, 15) is 14.7 Å². The second kappa shape index (κ2) is 5.84. The molecule has 1 N–H and O–H groups in total. The summed E-state index contributed by atoms with van der Waals surface area (Å²) in [6, 6.07) is 8.38. The second-order valence-electron chi connectivity index (χ2n) is 4.61. The number of hydrogen-bond acceptors (Lipinski definition) is 6. The number of aromatic carboxylic acids is 1. The van der Waals surface area contributed by atoms with Crippen LogP contribution in [-0.4, -0.2) is 43.6 Å². The average molecular weight is 312 g/mol. The Hall–Kier alpha value is -3.29. The lowest BCUT2D eigenvalue weighted by molar-refractivity contribution is 0.0518. The molecule has 3 rings (SSSR count). The van der Waals surface area contributed by atoms with Gasteiger partial charge in [-0.15, -0.1) is 5.10 Å². The Morgan fingerprint density at radius 1 is 1.30 bits per heavy atom. The highest BCUT2D eigenvalue weighted by Crippen LogP contribution is 2.20. The summed E-state index contributed by atoms with van der Waals surface area (Å²) in [5, 5.41) is 22.7. The third kappa shape index (κ3) is 2.61. The van der Waals surface area contributed by atoms with Crippen molar-refractivity contribution in [3.05, 3.63) is 47.9 Å². The van der Waals surface area contributed by atoms with Crippen molar-refractivity contribution < 1.29 is 19.4 Å². The summed E-state index contributed by atoms with van der Waals surface area (Å²) in [6.45, 7) is 1.82. The minimum absolute atomic E-state index is 0.0982. The zero-order chi connectivity index (χ0) is 16.4. The molecule has 0 radical (unpaired) electrons. The number of rotatable bonds is 4. The summed E-state index contributed by atoms with van der Waals surface area (Å²) >= 11 is 0. The van der Waals surface area contributed by atoms with Gasteiger partial charge in [-0.1, -0.05) is 24.3 Å². The predicted octanol–water partition coefficient (Wildman–Crippen LogP) is 1.69. The molecular weight excluding hydrogens is 300 g/mol. The molecule has 0 amide bonds. The number of nitrogens with zero attached hydrogens (tertiary/aromatic N) is 4. The van der Waals surface area contributed by atoms with Crippen molar-refractivity contribution in [2.75, 3.05) is 6.61 Å². The van der Waals surface area contributed by atoms with Crippen LogP contribution in [0.15, 0.2) is 36.5 Å². The maximum atomic E-state index is 11.8. The first-order chi connectivity index (χ1) is 11.1. The Balaban J connectivity index is 2.21. The summed E-state index contributed by atoms with van der Waals surface area (Å²) < 4.78 is 5.94. The van der Waals surface area contributed by atoms with Crippen molar-refractivity contribution in [1.29, 1.82) is 0 Å². The minimum Gasteiger partial charge on any atom is -0.477 e. The van der Waals surface area contributed by atoms with Crippen LogP contribution in [0.4, 0.5) is 0 Å². The van der Waals surface area contributed by atoms with E-state index in [0.717, 1.165) is 16.1 Å². The Bertz CT molecular complexity index is 898. The lowest BCUT2D eigenvalue weighted by Crippen LogP contribution is -2.11. The highest BCUT2D eigenvalue weighted by molar-refractivity contribution is 5.94. The standard InChI is InChI=1S/C15H12N4O4/c1-2-23-15(22)11-7-12(14(20)21)19(18-11)13-10-6-4-3-5-9(10)8-16-17-13/h3-8H,2H2,1H3,(H,20,21). The number of carboxylic acid groups (broad SMARTS) is 1. The molecular formula is C15H12N4O4. The van der Waals surface area contributed by atoms with Crippen LogP contribution in [0.25, 0.3) is 16.6 Å². The first-order valence-corrected chi connectivity index (χ1v) is 6.83. The number of carbonyl (C=O) groups excluding carboxylic acids is 1. The molecule has 8 heteroatoms. The van der Waals surface area contributed by atoms with Gasteiger partial charge in [0, 0.05) is 16.8 Å². The van der Waals surface area contributed by atoms with E-state index >= 15 is 0 Å². The summed E-state index contributed by atoms with van der Waals surface area (Å²) in [7, 11) is 0. The van der Waals surface area contributed by atoms with E-state index in [1.807, 2.05) is 12.1 Å². The van der Waals surface area contributed by atoms with Crippen LogP contribution in [0, 0.1) is 0 Å². The molecule has 0 aliphatic rings. The van der Waals surface area contributed by atoms with Gasteiger partial charge >= 0.3 is 11.9 Å². The fourth-order valence-electron chi connectivity index (χ4n) is 2.17. The zero-order valence-electron chi connectivity index (χ0n) is 12.1. The highest BCUT2D eigenvalue weighted by Gasteiger charge is 2.22. The van der Waals surface area contributed by atoms with Gasteiger partial charge in [-0.05, 0) is 6.92 Å². The normalized spacial score (nSPS) is 10.7. The van der Waals surface area contributed by atoms with Crippen LogP contribution < -0.4 is 0 Å². The van der Waals surface area contributed by atoms with Gasteiger partial charge in [0.05, 0.1) is 12.8 Å². The molecule has 116 valence electrons. The molecule has 0 atom stereocenters. The zero-order valence-corrected chi connectivity index (χ0v) is 12.1. The summed E-state index contributed by atoms with van der Waals surface area (Å²) in [4.78, 5) is 23.3. The number of carbonyl (C=O) groups is 2. The maximum absolute atomic E-state index is 11.8. The predicted molar refractivity (Wildman–Crippen MR) is 79.6 cm³/mol. The van der Waals surface area contributed by atoms with E-state index in [4.69, 9.17) is 4.74 Å². The van der Waals surface area contributed by atoms with E-state index < -0.39 is 11.9 Å². The van der Waals surface area contributed by atoms with Gasteiger partial charge in [-0.3, -0.25) is 0 Å². The molecule has 0 bridgehead atoms. The lowest BCUT2D eigenvalue weighted by Gasteiger charge is -2.06. The van der Waals surface area contributed by atoms with Gasteiger partial charge in [-0.2, -0.15) is 10.2 Å². The molecule has 0 saturated carbocycles. The van der Waals surface area contributed by atoms with E-state index in [2.05, 4.69) is 15.3 Å². The first-order valence-electron chi connectivity index (χ1n) is 6.83. The number of aromatic nitrogens is 4. The van der Waals surface area contributed by atoms with Crippen molar-refractivity contribution in [2.45, 2.75) is 6.92 Å². The summed E-state index contributed by atoms with van der Waals surface area (Å²) in [6.07, 6.45) is 1.56. The van der Waals surface area contributed by atoms with Crippen LogP contribution in [0.2, 0.25) is 0 Å². The molecule has 23 heavy (non-hydrogen) atoms. The van der Waals surface area contributed by atoms with Crippen LogP contribution >= 0.6 is 0 Å². The molecule has 2 aromatic heterocycles. The van der Waals surface area contributed by atoms with Crippen molar-refractivity contribution >= 4 is 22.7 Å². The minimum atomic E-state index is -1.23. The van der Waals surface area contributed by atoms with Gasteiger partial charge in [0.25, 0.3) is 0 Å². The molecule has 0 aliphatic heterocycles. The Kier molecular flexibility index (Phi) is 3.71. The van der Waals surface area contributed by atoms with Gasteiger partial charge in [0.2, 0.25) is 0 Å². The fourth-order valence-corrected chi connectivity index (χ4v) is 2.17. The number of esters is 1. The third-order valence-corrected chi connectivity index (χ3v) is 3.16. The van der Waals surface area contributed by atoms with Gasteiger partial charge < -0.3 is 9.84 Å². The van der Waals surface area contributed by atoms with Gasteiger partial charge in [0.1, 0.15) is 0 Å². The Morgan fingerprint density at radius 2 is 2.09 bits per heavy atom. The van der Waals surface area contributed by atoms with Crippen molar-refractivity contribution in [1.82, 2.24) is 20.0 Å². The van der Waals surface area contributed by atoms with Gasteiger partial charge in [-0.25, -0.2) is 14.3 Å². The molecule has 8 nitrogen and oxygen atoms in total. The van der Waals surface area contributed by atoms with E-state index in [1.54, 1.807) is 25.3 Å². The van der Waals surface area contributed by atoms with Crippen molar-refractivity contribution in [3.8, 4) is 5.82 Å². The number of fused-ring (bicyclic) bond motifs is 1. The Labute approximate surface area is 130 Å². The molecule has 0 spiro atoms. The van der Waals surface area contributed by atoms with E-state index in [0.29, 0.717) is 5.39 Å². The smallest absolute Gasteiger partial charge is 0.358 e. The van der Waals surface area contributed by atoms with E-state index in [1.165, 1.54) is 0 Å². The maximum Gasteiger partial charge on any atom is 0.358 e. The van der Waals surface area contributed by atoms with Crippen LogP contribution in [0.5, 0.6) is 0 Å². The van der Waals surface area contributed by atoms with Crippen LogP contribution in [-0.2, 0) is 4.74 Å². The second-order valence-corrected chi connectivity index (χ2v) is 4.61. The highest BCUT2D eigenvalue weighted by atomic mass is 16.5. The molecule has 0 aliphatic carbocycles. The van der Waals surface area contributed by atoms with Crippen molar-refractivity contribution in [2.24, 2.45) is 0 Å². The van der Waals surface area contributed by atoms with Crippen LogP contribution in [0.1, 0.15) is 27.9 Å². The molecule has 0 fully saturated rings. The van der Waals surface area contributed by atoms with Crippen molar-refractivity contribution in [3.63, 3.8) is 0 Å². The van der Waals surface area contributed by atoms with Gasteiger partial charge in [0.15, 0.2) is 17.2 Å². The molecule has 3 aromatic rings.